The second-order valence-corrected chi connectivity index (χ2v) is 6.56. The molecule has 0 heterocycles. The predicted octanol–water partition coefficient (Wildman–Crippen LogP) is 4.99. The summed E-state index contributed by atoms with van der Waals surface area (Å²) >= 11 is 0. The minimum absolute atomic E-state index is 0.00614. The Morgan fingerprint density at radius 1 is 0.906 bits per heavy atom. The van der Waals surface area contributed by atoms with Crippen molar-refractivity contribution in [2.45, 2.75) is 6.61 Å². The van der Waals surface area contributed by atoms with E-state index in [1.165, 1.54) is 49.6 Å². The molecule has 0 amide bonds. The molecule has 32 heavy (non-hydrogen) atoms. The maximum absolute atomic E-state index is 12.5. The second kappa shape index (κ2) is 9.98. The summed E-state index contributed by atoms with van der Waals surface area (Å²) in [6.07, 6.45) is 2.77. The Hall–Kier alpha value is -4.53. The number of rotatable bonds is 9. The van der Waals surface area contributed by atoms with E-state index < -0.39 is 15.6 Å². The van der Waals surface area contributed by atoms with Gasteiger partial charge in [0.1, 0.15) is 12.4 Å². The first-order chi connectivity index (χ1) is 15.4. The van der Waals surface area contributed by atoms with Gasteiger partial charge in [0, 0.05) is 17.7 Å². The molecular formula is C23H18N2O7. The number of nitro groups is 2. The normalized spacial score (nSPS) is 10.7. The molecule has 0 aliphatic rings. The Kier molecular flexibility index (Phi) is 6.92. The Balaban J connectivity index is 1.82. The molecule has 0 saturated carbocycles. The van der Waals surface area contributed by atoms with Crippen LogP contribution in [0.2, 0.25) is 0 Å². The summed E-state index contributed by atoms with van der Waals surface area (Å²) in [6, 6.07) is 16.8. The first-order valence-corrected chi connectivity index (χ1v) is 9.39. The largest absolute Gasteiger partial charge is 0.496 e. The molecule has 0 unspecified atom stereocenters. The highest BCUT2D eigenvalue weighted by atomic mass is 16.6. The van der Waals surface area contributed by atoms with Crippen LogP contribution in [0, 0.1) is 20.2 Å². The van der Waals surface area contributed by atoms with Gasteiger partial charge < -0.3 is 9.47 Å². The quantitative estimate of drug-likeness (QED) is 0.201. The van der Waals surface area contributed by atoms with Gasteiger partial charge in [0.2, 0.25) is 0 Å². The van der Waals surface area contributed by atoms with Crippen LogP contribution in [0.25, 0.3) is 6.08 Å². The van der Waals surface area contributed by atoms with E-state index in [4.69, 9.17) is 9.47 Å². The average molecular weight is 434 g/mol. The summed E-state index contributed by atoms with van der Waals surface area (Å²) in [7, 11) is 1.48. The van der Waals surface area contributed by atoms with E-state index in [9.17, 15) is 25.0 Å². The van der Waals surface area contributed by atoms with E-state index in [-0.39, 0.29) is 29.3 Å². The highest BCUT2D eigenvalue weighted by Gasteiger charge is 2.17. The van der Waals surface area contributed by atoms with Gasteiger partial charge in [0.05, 0.1) is 22.5 Å². The van der Waals surface area contributed by atoms with Crippen molar-refractivity contribution in [3.8, 4) is 11.5 Å². The maximum atomic E-state index is 12.5. The smallest absolute Gasteiger partial charge is 0.310 e. The monoisotopic (exact) mass is 434 g/mol. The zero-order valence-corrected chi connectivity index (χ0v) is 17.0. The van der Waals surface area contributed by atoms with Gasteiger partial charge in [-0.15, -0.1) is 0 Å². The molecule has 9 heteroatoms. The van der Waals surface area contributed by atoms with Gasteiger partial charge in [-0.2, -0.15) is 0 Å². The number of para-hydroxylation sites is 3. The minimum atomic E-state index is -0.604. The van der Waals surface area contributed by atoms with E-state index in [2.05, 4.69) is 0 Å². The van der Waals surface area contributed by atoms with Crippen LogP contribution in [0.3, 0.4) is 0 Å². The van der Waals surface area contributed by atoms with E-state index in [1.807, 2.05) is 0 Å². The van der Waals surface area contributed by atoms with E-state index in [0.29, 0.717) is 16.9 Å². The fraction of sp³-hybridized carbons (Fsp3) is 0.0870. The molecule has 0 spiro atoms. The molecule has 0 fully saturated rings. The van der Waals surface area contributed by atoms with Crippen molar-refractivity contribution in [2.75, 3.05) is 7.11 Å². The summed E-state index contributed by atoms with van der Waals surface area (Å²) < 4.78 is 11.0. The van der Waals surface area contributed by atoms with Gasteiger partial charge >= 0.3 is 5.69 Å². The number of allylic oxidation sites excluding steroid dienone is 1. The molecule has 162 valence electrons. The zero-order chi connectivity index (χ0) is 23.1. The van der Waals surface area contributed by atoms with Crippen molar-refractivity contribution < 1.29 is 24.1 Å². The highest BCUT2D eigenvalue weighted by molar-refractivity contribution is 6.09. The van der Waals surface area contributed by atoms with Crippen molar-refractivity contribution >= 4 is 23.2 Å². The van der Waals surface area contributed by atoms with Crippen LogP contribution < -0.4 is 9.47 Å². The molecule has 3 aromatic rings. The number of ketones is 1. The topological polar surface area (TPSA) is 122 Å². The Bertz CT molecular complexity index is 1200. The third-order valence-electron chi connectivity index (χ3n) is 4.54. The van der Waals surface area contributed by atoms with Crippen LogP contribution in [0.1, 0.15) is 21.5 Å². The SMILES string of the molecule is COc1ccc(/C=C/C(=O)c2ccccc2[N+](=O)[O-])cc1COc1ccccc1[N+](=O)[O-]. The summed E-state index contributed by atoms with van der Waals surface area (Å²) in [5, 5.41) is 22.3. The van der Waals surface area contributed by atoms with Gasteiger partial charge in [0.15, 0.2) is 11.5 Å². The lowest BCUT2D eigenvalue weighted by molar-refractivity contribution is -0.386. The molecule has 0 bridgehead atoms. The Labute approximate surface area is 182 Å². The first kappa shape index (κ1) is 22.2. The lowest BCUT2D eigenvalue weighted by atomic mass is 10.1. The van der Waals surface area contributed by atoms with Crippen molar-refractivity contribution in [1.29, 1.82) is 0 Å². The number of methoxy groups -OCH3 is 1. The van der Waals surface area contributed by atoms with Crippen LogP contribution in [0.5, 0.6) is 11.5 Å². The number of carbonyl (C=O) groups is 1. The third-order valence-corrected chi connectivity index (χ3v) is 4.54. The van der Waals surface area contributed by atoms with E-state index in [1.54, 1.807) is 36.4 Å². The molecule has 3 rings (SSSR count). The van der Waals surface area contributed by atoms with Crippen molar-refractivity contribution in [1.82, 2.24) is 0 Å². The molecule has 0 N–H and O–H groups in total. The Morgan fingerprint density at radius 3 is 2.25 bits per heavy atom. The Morgan fingerprint density at radius 2 is 1.56 bits per heavy atom. The second-order valence-electron chi connectivity index (χ2n) is 6.56. The number of benzene rings is 3. The van der Waals surface area contributed by atoms with Crippen molar-refractivity contribution in [2.24, 2.45) is 0 Å². The number of nitro benzene ring substituents is 2. The molecule has 0 radical (unpaired) electrons. The van der Waals surface area contributed by atoms with Crippen LogP contribution >= 0.6 is 0 Å². The van der Waals surface area contributed by atoms with E-state index >= 15 is 0 Å². The van der Waals surface area contributed by atoms with E-state index in [0.717, 1.165) is 0 Å². The molecule has 0 aromatic heterocycles. The molecule has 0 saturated heterocycles. The van der Waals surface area contributed by atoms with Crippen molar-refractivity contribution in [3.63, 3.8) is 0 Å². The van der Waals surface area contributed by atoms with Gasteiger partial charge in [-0.25, -0.2) is 0 Å². The molecule has 9 nitrogen and oxygen atoms in total. The lowest BCUT2D eigenvalue weighted by Crippen LogP contribution is -2.02. The molecular weight excluding hydrogens is 416 g/mol. The average Bonchev–Trinajstić information content (AvgIpc) is 2.81. The standard InChI is InChI=1S/C23H18N2O7/c1-31-22-13-11-16(10-12-21(26)18-6-2-3-7-19(18)24(27)28)14-17(22)15-32-23-9-5-4-8-20(23)25(29)30/h2-14H,15H2,1H3/b12-10+. The summed E-state index contributed by atoms with van der Waals surface area (Å²) in [5.41, 5.74) is 0.792. The maximum Gasteiger partial charge on any atom is 0.310 e. The fourth-order valence-electron chi connectivity index (χ4n) is 3.00. The summed E-state index contributed by atoms with van der Waals surface area (Å²) in [6.45, 7) is -0.00614. The number of nitrogens with zero attached hydrogens (tertiary/aromatic N) is 2. The van der Waals surface area contributed by atoms with Crippen molar-refractivity contribution in [3.05, 3.63) is 110 Å². The zero-order valence-electron chi connectivity index (χ0n) is 17.0. The van der Waals surface area contributed by atoms with Crippen LogP contribution in [-0.4, -0.2) is 22.7 Å². The molecule has 0 aliphatic heterocycles. The highest BCUT2D eigenvalue weighted by Crippen LogP contribution is 2.29. The third kappa shape index (κ3) is 5.14. The van der Waals surface area contributed by atoms with Gasteiger partial charge in [-0.3, -0.25) is 25.0 Å². The van der Waals surface area contributed by atoms with Crippen LogP contribution in [0.15, 0.2) is 72.8 Å². The molecule has 3 aromatic carbocycles. The number of hydrogen-bond donors (Lipinski definition) is 0. The molecule has 0 aliphatic carbocycles. The number of hydrogen-bond acceptors (Lipinski definition) is 7. The number of ether oxygens (including phenoxy) is 2. The van der Waals surface area contributed by atoms with Gasteiger partial charge in [-0.05, 0) is 35.9 Å². The molecule has 0 atom stereocenters. The van der Waals surface area contributed by atoms with Gasteiger partial charge in [0.25, 0.3) is 5.69 Å². The number of carbonyl (C=O) groups excluding carboxylic acids is 1. The summed E-state index contributed by atoms with van der Waals surface area (Å²) in [4.78, 5) is 33.6. The van der Waals surface area contributed by atoms with Gasteiger partial charge in [-0.1, -0.05) is 36.4 Å². The first-order valence-electron chi connectivity index (χ1n) is 9.39. The fourth-order valence-corrected chi connectivity index (χ4v) is 3.00. The minimum Gasteiger partial charge on any atom is -0.496 e. The lowest BCUT2D eigenvalue weighted by Gasteiger charge is -2.11. The van der Waals surface area contributed by atoms with Crippen LogP contribution in [-0.2, 0) is 6.61 Å². The van der Waals surface area contributed by atoms with Crippen LogP contribution in [0.4, 0.5) is 11.4 Å². The summed E-state index contributed by atoms with van der Waals surface area (Å²) in [5.74, 6) is 0.114. The predicted molar refractivity (Wildman–Crippen MR) is 117 cm³/mol.